The fourth-order valence-electron chi connectivity index (χ4n) is 2.89. The fraction of sp³-hybridized carbons (Fsp3) is 0.588. The predicted molar refractivity (Wildman–Crippen MR) is 83.7 cm³/mol. The zero-order chi connectivity index (χ0) is 14.6. The van der Waals surface area contributed by atoms with Crippen LogP contribution in [0.3, 0.4) is 0 Å². The van der Waals surface area contributed by atoms with Crippen LogP contribution in [0.1, 0.15) is 57.6 Å². The van der Waals surface area contributed by atoms with Crippen LogP contribution in [0.4, 0.5) is 5.69 Å². The number of amides is 1. The molecule has 1 fully saturated rings. The van der Waals surface area contributed by atoms with Gasteiger partial charge in [0.15, 0.2) is 0 Å². The van der Waals surface area contributed by atoms with Gasteiger partial charge < -0.3 is 10.6 Å². The molecule has 110 valence electrons. The summed E-state index contributed by atoms with van der Waals surface area (Å²) in [6.45, 7) is 4.21. The summed E-state index contributed by atoms with van der Waals surface area (Å²) >= 11 is 0. The molecule has 0 heterocycles. The van der Waals surface area contributed by atoms with Crippen LogP contribution in [0.2, 0.25) is 0 Å². The van der Waals surface area contributed by atoms with E-state index < -0.39 is 0 Å². The third-order valence-electron chi connectivity index (χ3n) is 4.58. The highest BCUT2D eigenvalue weighted by Crippen LogP contribution is 2.36. The molecular weight excluding hydrogens is 248 g/mol. The van der Waals surface area contributed by atoms with E-state index in [4.69, 9.17) is 0 Å². The zero-order valence-corrected chi connectivity index (χ0v) is 12.8. The van der Waals surface area contributed by atoms with Gasteiger partial charge in [0.2, 0.25) is 5.91 Å². The normalized spacial score (nSPS) is 19.4. The topological polar surface area (TPSA) is 41.1 Å². The highest BCUT2D eigenvalue weighted by molar-refractivity contribution is 5.95. The van der Waals surface area contributed by atoms with Gasteiger partial charge in [-0.25, -0.2) is 0 Å². The highest BCUT2D eigenvalue weighted by atomic mass is 16.2. The summed E-state index contributed by atoms with van der Waals surface area (Å²) in [4.78, 5) is 12.5. The molecule has 2 rings (SSSR count). The summed E-state index contributed by atoms with van der Waals surface area (Å²) in [6, 6.07) is 8.40. The number of rotatable bonds is 4. The van der Waals surface area contributed by atoms with Crippen LogP contribution in [0.15, 0.2) is 24.3 Å². The molecule has 1 unspecified atom stereocenters. The summed E-state index contributed by atoms with van der Waals surface area (Å²) in [6.07, 6.45) is 5.61. The SMILES string of the molecule is CNC(C)c1cccc(NC(=O)C2(C)CCCCC2)c1. The Morgan fingerprint density at radius 1 is 1.25 bits per heavy atom. The average molecular weight is 274 g/mol. The molecule has 0 aliphatic heterocycles. The van der Waals surface area contributed by atoms with Gasteiger partial charge in [0, 0.05) is 17.1 Å². The Bertz CT molecular complexity index is 464. The van der Waals surface area contributed by atoms with E-state index >= 15 is 0 Å². The van der Waals surface area contributed by atoms with E-state index in [-0.39, 0.29) is 17.4 Å². The summed E-state index contributed by atoms with van der Waals surface area (Å²) in [7, 11) is 1.94. The van der Waals surface area contributed by atoms with Gasteiger partial charge in [-0.3, -0.25) is 4.79 Å². The lowest BCUT2D eigenvalue weighted by Gasteiger charge is -2.32. The molecule has 1 saturated carbocycles. The molecule has 1 aromatic rings. The highest BCUT2D eigenvalue weighted by Gasteiger charge is 2.34. The second kappa shape index (κ2) is 6.40. The molecule has 1 aliphatic rings. The smallest absolute Gasteiger partial charge is 0.230 e. The van der Waals surface area contributed by atoms with Crippen molar-refractivity contribution in [3.63, 3.8) is 0 Å². The number of benzene rings is 1. The van der Waals surface area contributed by atoms with E-state index in [1.807, 2.05) is 19.2 Å². The molecule has 3 heteroatoms. The number of hydrogen-bond donors (Lipinski definition) is 2. The Labute approximate surface area is 122 Å². The van der Waals surface area contributed by atoms with Crippen LogP contribution in [-0.2, 0) is 4.79 Å². The first-order chi connectivity index (χ1) is 9.55. The van der Waals surface area contributed by atoms with Gasteiger partial charge in [-0.2, -0.15) is 0 Å². The molecule has 0 aromatic heterocycles. The van der Waals surface area contributed by atoms with Crippen molar-refractivity contribution in [2.45, 2.75) is 52.0 Å². The summed E-state index contributed by atoms with van der Waals surface area (Å²) < 4.78 is 0. The Kier molecular flexibility index (Phi) is 4.81. The largest absolute Gasteiger partial charge is 0.326 e. The number of anilines is 1. The summed E-state index contributed by atoms with van der Waals surface area (Å²) in [5.74, 6) is 0.173. The first-order valence-corrected chi connectivity index (χ1v) is 7.64. The molecule has 1 aromatic carbocycles. The van der Waals surface area contributed by atoms with Crippen molar-refractivity contribution in [1.82, 2.24) is 5.32 Å². The van der Waals surface area contributed by atoms with Gasteiger partial charge in [0.1, 0.15) is 0 Å². The second-order valence-electron chi connectivity index (χ2n) is 6.21. The van der Waals surface area contributed by atoms with Crippen LogP contribution in [0.25, 0.3) is 0 Å². The average Bonchev–Trinajstić information content (AvgIpc) is 2.47. The summed E-state index contributed by atoms with van der Waals surface area (Å²) in [5, 5.41) is 6.32. The maximum absolute atomic E-state index is 12.5. The van der Waals surface area contributed by atoms with Crippen molar-refractivity contribution in [3.05, 3.63) is 29.8 Å². The van der Waals surface area contributed by atoms with E-state index in [9.17, 15) is 4.79 Å². The third-order valence-corrected chi connectivity index (χ3v) is 4.58. The maximum atomic E-state index is 12.5. The second-order valence-corrected chi connectivity index (χ2v) is 6.21. The van der Waals surface area contributed by atoms with Crippen LogP contribution in [0, 0.1) is 5.41 Å². The number of hydrogen-bond acceptors (Lipinski definition) is 2. The standard InChI is InChI=1S/C17H26N2O/c1-13(18-3)14-8-7-9-15(12-14)19-16(20)17(2)10-5-4-6-11-17/h7-9,12-13,18H,4-6,10-11H2,1-3H3,(H,19,20). The molecule has 20 heavy (non-hydrogen) atoms. The minimum absolute atomic E-state index is 0.173. The Hall–Kier alpha value is -1.35. The molecule has 0 saturated heterocycles. The van der Waals surface area contributed by atoms with Crippen molar-refractivity contribution >= 4 is 11.6 Å². The Morgan fingerprint density at radius 2 is 1.95 bits per heavy atom. The minimum Gasteiger partial charge on any atom is -0.326 e. The van der Waals surface area contributed by atoms with Gasteiger partial charge in [0.25, 0.3) is 0 Å². The van der Waals surface area contributed by atoms with Gasteiger partial charge in [0.05, 0.1) is 0 Å². The molecule has 1 aliphatic carbocycles. The van der Waals surface area contributed by atoms with E-state index in [0.29, 0.717) is 0 Å². The maximum Gasteiger partial charge on any atom is 0.230 e. The van der Waals surface area contributed by atoms with Crippen molar-refractivity contribution < 1.29 is 4.79 Å². The van der Waals surface area contributed by atoms with E-state index in [1.165, 1.54) is 24.8 Å². The lowest BCUT2D eigenvalue weighted by atomic mass is 9.75. The molecule has 1 atom stereocenters. The Balaban J connectivity index is 2.07. The van der Waals surface area contributed by atoms with Crippen LogP contribution in [-0.4, -0.2) is 13.0 Å². The molecule has 3 nitrogen and oxygen atoms in total. The molecule has 0 bridgehead atoms. The lowest BCUT2D eigenvalue weighted by Crippen LogP contribution is -2.35. The molecular formula is C17H26N2O. The van der Waals surface area contributed by atoms with Crippen LogP contribution < -0.4 is 10.6 Å². The van der Waals surface area contributed by atoms with Crippen LogP contribution >= 0.6 is 0 Å². The number of carbonyl (C=O) groups excluding carboxylic acids is 1. The van der Waals surface area contributed by atoms with Crippen molar-refractivity contribution in [2.75, 3.05) is 12.4 Å². The minimum atomic E-state index is -0.192. The van der Waals surface area contributed by atoms with Crippen LogP contribution in [0.5, 0.6) is 0 Å². The third kappa shape index (κ3) is 3.40. The van der Waals surface area contributed by atoms with Crippen molar-refractivity contribution in [1.29, 1.82) is 0 Å². The van der Waals surface area contributed by atoms with Gasteiger partial charge in [-0.1, -0.05) is 38.3 Å². The quantitative estimate of drug-likeness (QED) is 0.875. The Morgan fingerprint density at radius 3 is 2.60 bits per heavy atom. The number of nitrogens with one attached hydrogen (secondary N) is 2. The van der Waals surface area contributed by atoms with Gasteiger partial charge in [-0.15, -0.1) is 0 Å². The van der Waals surface area contributed by atoms with Gasteiger partial charge >= 0.3 is 0 Å². The molecule has 2 N–H and O–H groups in total. The monoisotopic (exact) mass is 274 g/mol. The molecule has 0 spiro atoms. The van der Waals surface area contributed by atoms with E-state index in [1.54, 1.807) is 0 Å². The van der Waals surface area contributed by atoms with Crippen molar-refractivity contribution in [2.24, 2.45) is 5.41 Å². The molecule has 1 amide bonds. The summed E-state index contributed by atoms with van der Waals surface area (Å²) in [5.41, 5.74) is 1.91. The molecule has 0 radical (unpaired) electrons. The van der Waals surface area contributed by atoms with Crippen molar-refractivity contribution in [3.8, 4) is 0 Å². The van der Waals surface area contributed by atoms with E-state index in [2.05, 4.69) is 36.6 Å². The first-order valence-electron chi connectivity index (χ1n) is 7.64. The zero-order valence-electron chi connectivity index (χ0n) is 12.8. The number of carbonyl (C=O) groups is 1. The van der Waals surface area contributed by atoms with E-state index in [0.717, 1.165) is 18.5 Å². The predicted octanol–water partition coefficient (Wildman–Crippen LogP) is 3.88. The van der Waals surface area contributed by atoms with Gasteiger partial charge in [-0.05, 0) is 44.5 Å². The lowest BCUT2D eigenvalue weighted by molar-refractivity contribution is -0.126. The fourth-order valence-corrected chi connectivity index (χ4v) is 2.89. The first kappa shape index (κ1) is 15.0.